The van der Waals surface area contributed by atoms with Crippen molar-refractivity contribution in [1.82, 2.24) is 0 Å². The molecule has 6 atom stereocenters. The highest BCUT2D eigenvalue weighted by molar-refractivity contribution is 4.97. The van der Waals surface area contributed by atoms with Gasteiger partial charge in [0.15, 0.2) is 0 Å². The molecule has 3 unspecified atom stereocenters. The van der Waals surface area contributed by atoms with Crippen LogP contribution in [0.15, 0.2) is 0 Å². The van der Waals surface area contributed by atoms with E-state index in [1.54, 1.807) is 32.1 Å². The lowest BCUT2D eigenvalue weighted by Gasteiger charge is -2.24. The minimum absolute atomic E-state index is 0.999. The summed E-state index contributed by atoms with van der Waals surface area (Å²) in [7, 11) is 0. The molecular weight excluding hydrogens is 216 g/mol. The summed E-state index contributed by atoms with van der Waals surface area (Å²) in [5, 5.41) is 0. The van der Waals surface area contributed by atoms with Gasteiger partial charge < -0.3 is 0 Å². The Labute approximate surface area is 114 Å². The molecule has 0 N–H and O–H groups in total. The molecule has 18 heavy (non-hydrogen) atoms. The van der Waals surface area contributed by atoms with Crippen molar-refractivity contribution in [1.29, 1.82) is 0 Å². The maximum Gasteiger partial charge on any atom is -0.0349 e. The molecule has 0 saturated heterocycles. The summed E-state index contributed by atoms with van der Waals surface area (Å²) in [5.74, 6) is 6.52. The molecule has 0 spiro atoms. The first-order valence-corrected chi connectivity index (χ1v) is 8.74. The summed E-state index contributed by atoms with van der Waals surface area (Å²) in [5.41, 5.74) is 0. The lowest BCUT2D eigenvalue weighted by atomic mass is 9.82. The SMILES string of the molecule is CC1CCC[C@@H]2[C@@H]3CCCC(CCC(C)C[C@H]23)C1. The topological polar surface area (TPSA) is 0 Å². The van der Waals surface area contributed by atoms with Crippen LogP contribution in [0.1, 0.15) is 78.1 Å². The highest BCUT2D eigenvalue weighted by Crippen LogP contribution is 2.56. The molecule has 0 nitrogen and oxygen atoms in total. The largest absolute Gasteiger partial charge is 0.0625 e. The second kappa shape index (κ2) is 5.55. The second-order valence-corrected chi connectivity index (χ2v) is 7.98. The van der Waals surface area contributed by atoms with Crippen LogP contribution in [0.5, 0.6) is 0 Å². The van der Waals surface area contributed by atoms with Crippen LogP contribution in [0, 0.1) is 35.5 Å². The van der Waals surface area contributed by atoms with E-state index in [1.165, 1.54) is 32.1 Å². The Balaban J connectivity index is 1.72. The molecule has 104 valence electrons. The van der Waals surface area contributed by atoms with Crippen LogP contribution >= 0.6 is 0 Å². The summed E-state index contributed by atoms with van der Waals surface area (Å²) in [4.78, 5) is 0. The van der Waals surface area contributed by atoms with Gasteiger partial charge in [-0.25, -0.2) is 0 Å². The van der Waals surface area contributed by atoms with E-state index in [4.69, 9.17) is 0 Å². The molecule has 3 fully saturated rings. The maximum atomic E-state index is 2.53. The van der Waals surface area contributed by atoms with Crippen molar-refractivity contribution in [3.05, 3.63) is 0 Å². The molecule has 0 heterocycles. The van der Waals surface area contributed by atoms with Gasteiger partial charge in [-0.3, -0.25) is 0 Å². The smallest absolute Gasteiger partial charge is 0.0349 e. The zero-order valence-corrected chi connectivity index (χ0v) is 12.5. The second-order valence-electron chi connectivity index (χ2n) is 7.98. The molecule has 0 heteroatoms. The van der Waals surface area contributed by atoms with Crippen LogP contribution in [-0.2, 0) is 0 Å². The van der Waals surface area contributed by atoms with Crippen molar-refractivity contribution >= 4 is 0 Å². The average Bonchev–Trinajstić information content (AvgIpc) is 2.97. The van der Waals surface area contributed by atoms with Gasteiger partial charge in [0, 0.05) is 0 Å². The van der Waals surface area contributed by atoms with Crippen molar-refractivity contribution in [2.75, 3.05) is 0 Å². The first-order valence-electron chi connectivity index (χ1n) is 8.74. The fraction of sp³-hybridized carbons (Fsp3) is 1.00. The molecule has 3 saturated carbocycles. The standard InChI is InChI=1S/C18H32/c1-13-5-3-7-16-17-8-4-6-15(11-13)10-9-14(2)12-18(16)17/h13-18H,3-12H2,1-2H3/t13?,14?,15?,16-,17+,18-/m1/s1. The number of rotatable bonds is 0. The number of fused-ring (bicyclic) bond motifs is 4. The first-order chi connectivity index (χ1) is 8.74. The third-order valence-electron chi connectivity index (χ3n) is 6.37. The van der Waals surface area contributed by atoms with Crippen molar-refractivity contribution in [3.63, 3.8) is 0 Å². The Bertz CT molecular complexity index is 269. The van der Waals surface area contributed by atoms with Gasteiger partial charge in [-0.15, -0.1) is 0 Å². The van der Waals surface area contributed by atoms with E-state index in [0.29, 0.717) is 0 Å². The van der Waals surface area contributed by atoms with Crippen molar-refractivity contribution in [2.45, 2.75) is 78.1 Å². The van der Waals surface area contributed by atoms with Gasteiger partial charge in [-0.05, 0) is 61.2 Å². The van der Waals surface area contributed by atoms with Gasteiger partial charge in [0.05, 0.1) is 0 Å². The van der Waals surface area contributed by atoms with Crippen LogP contribution < -0.4 is 0 Å². The quantitative estimate of drug-likeness (QED) is 0.518. The summed E-state index contributed by atoms with van der Waals surface area (Å²) >= 11 is 0. The molecular formula is C18H32. The molecule has 0 aromatic carbocycles. The normalized spacial score (nSPS) is 49.7. The van der Waals surface area contributed by atoms with Gasteiger partial charge in [0.2, 0.25) is 0 Å². The predicted molar refractivity (Wildman–Crippen MR) is 78.5 cm³/mol. The van der Waals surface area contributed by atoms with Gasteiger partial charge in [-0.2, -0.15) is 0 Å². The highest BCUT2D eigenvalue weighted by atomic mass is 14.5. The van der Waals surface area contributed by atoms with E-state index in [0.717, 1.165) is 35.5 Å². The third kappa shape index (κ3) is 2.94. The molecule has 3 rings (SSSR count). The summed E-state index contributed by atoms with van der Waals surface area (Å²) in [6.45, 7) is 5.04. The Kier molecular flexibility index (Phi) is 4.01. The van der Waals surface area contributed by atoms with E-state index < -0.39 is 0 Å². The van der Waals surface area contributed by atoms with Crippen molar-refractivity contribution < 1.29 is 0 Å². The predicted octanol–water partition coefficient (Wildman–Crippen LogP) is 5.67. The third-order valence-corrected chi connectivity index (χ3v) is 6.37. The van der Waals surface area contributed by atoms with Crippen molar-refractivity contribution in [2.24, 2.45) is 35.5 Å². The van der Waals surface area contributed by atoms with Crippen molar-refractivity contribution in [3.8, 4) is 0 Å². The molecule has 0 radical (unpaired) electrons. The van der Waals surface area contributed by atoms with Gasteiger partial charge in [0.25, 0.3) is 0 Å². The summed E-state index contributed by atoms with van der Waals surface area (Å²) in [6, 6.07) is 0. The van der Waals surface area contributed by atoms with E-state index in [1.807, 2.05) is 0 Å². The van der Waals surface area contributed by atoms with Gasteiger partial charge in [-0.1, -0.05) is 52.4 Å². The fourth-order valence-corrected chi connectivity index (χ4v) is 5.24. The zero-order chi connectivity index (χ0) is 12.5. The number of hydrogen-bond acceptors (Lipinski definition) is 0. The molecule has 0 aliphatic heterocycles. The Morgan fingerprint density at radius 2 is 1.22 bits per heavy atom. The molecule has 0 aromatic rings. The van der Waals surface area contributed by atoms with Crippen LogP contribution in [0.2, 0.25) is 0 Å². The van der Waals surface area contributed by atoms with Crippen LogP contribution in [0.4, 0.5) is 0 Å². The Morgan fingerprint density at radius 1 is 0.556 bits per heavy atom. The van der Waals surface area contributed by atoms with E-state index in [2.05, 4.69) is 13.8 Å². The van der Waals surface area contributed by atoms with E-state index in [9.17, 15) is 0 Å². The average molecular weight is 248 g/mol. The van der Waals surface area contributed by atoms with Crippen LogP contribution in [0.3, 0.4) is 0 Å². The molecule has 3 aliphatic rings. The lowest BCUT2D eigenvalue weighted by molar-refractivity contribution is 0.282. The number of hydrogen-bond donors (Lipinski definition) is 0. The van der Waals surface area contributed by atoms with E-state index in [-0.39, 0.29) is 0 Å². The molecule has 3 aliphatic carbocycles. The minimum Gasteiger partial charge on any atom is -0.0625 e. The zero-order valence-electron chi connectivity index (χ0n) is 12.5. The van der Waals surface area contributed by atoms with E-state index >= 15 is 0 Å². The molecule has 0 aromatic heterocycles. The lowest BCUT2D eigenvalue weighted by Crippen LogP contribution is -2.11. The summed E-state index contributed by atoms with van der Waals surface area (Å²) < 4.78 is 0. The van der Waals surface area contributed by atoms with Crippen LogP contribution in [0.25, 0.3) is 0 Å². The van der Waals surface area contributed by atoms with Gasteiger partial charge >= 0.3 is 0 Å². The Hall–Kier alpha value is 0. The highest BCUT2D eigenvalue weighted by Gasteiger charge is 2.48. The Morgan fingerprint density at radius 3 is 2.00 bits per heavy atom. The minimum atomic E-state index is 0.999. The summed E-state index contributed by atoms with van der Waals surface area (Å²) in [6.07, 6.45) is 15.4. The first kappa shape index (κ1) is 13.0. The fourth-order valence-electron chi connectivity index (χ4n) is 5.24. The van der Waals surface area contributed by atoms with Gasteiger partial charge in [0.1, 0.15) is 0 Å². The van der Waals surface area contributed by atoms with Crippen LogP contribution in [-0.4, -0.2) is 0 Å². The molecule has 0 amide bonds. The monoisotopic (exact) mass is 248 g/mol. The maximum absolute atomic E-state index is 2.53. The molecule has 2 bridgehead atoms.